The Morgan fingerprint density at radius 1 is 1.24 bits per heavy atom. The number of aliphatic hydroxyl groups excluding tert-OH is 1. The molecule has 1 aliphatic carbocycles. The fraction of sp³-hybridized carbons (Fsp3) is 0.667. The molecule has 5 heteroatoms. The molecule has 1 aliphatic rings. The Morgan fingerprint density at radius 2 is 1.88 bits per heavy atom. The summed E-state index contributed by atoms with van der Waals surface area (Å²) in [5.74, 6) is -1.74. The Morgan fingerprint density at radius 3 is 2.47 bits per heavy atom. The zero-order valence-electron chi connectivity index (χ0n) is 9.67. The lowest BCUT2D eigenvalue weighted by Gasteiger charge is -2.25. The summed E-state index contributed by atoms with van der Waals surface area (Å²) in [5.41, 5.74) is 0. The van der Waals surface area contributed by atoms with E-state index in [1.54, 1.807) is 0 Å². The number of hydrogen-bond acceptors (Lipinski definition) is 4. The highest BCUT2D eigenvalue weighted by molar-refractivity contribution is 5.90. The molecule has 0 aliphatic heterocycles. The number of hydrogen-bond donors (Lipinski definition) is 2. The number of carbonyl (C=O) groups is 2. The van der Waals surface area contributed by atoms with Crippen molar-refractivity contribution in [1.29, 1.82) is 0 Å². The lowest BCUT2D eigenvalue weighted by atomic mass is 9.85. The molecule has 17 heavy (non-hydrogen) atoms. The second-order valence-electron chi connectivity index (χ2n) is 4.27. The molecule has 0 aromatic carbocycles. The van der Waals surface area contributed by atoms with Crippen LogP contribution in [0.5, 0.6) is 0 Å². The number of carboxylic acids is 1. The van der Waals surface area contributed by atoms with E-state index in [-0.39, 0.29) is 12.5 Å². The number of ether oxygens (including phenoxy) is 1. The van der Waals surface area contributed by atoms with Crippen molar-refractivity contribution in [2.45, 2.75) is 38.2 Å². The van der Waals surface area contributed by atoms with Gasteiger partial charge in [0.2, 0.25) is 0 Å². The minimum atomic E-state index is -1.20. The summed E-state index contributed by atoms with van der Waals surface area (Å²) in [7, 11) is 0. The molecule has 0 radical (unpaired) electrons. The molecule has 0 aromatic heterocycles. The van der Waals surface area contributed by atoms with Crippen LogP contribution in [-0.2, 0) is 14.3 Å². The zero-order valence-corrected chi connectivity index (χ0v) is 9.67. The van der Waals surface area contributed by atoms with Gasteiger partial charge in [0.1, 0.15) is 6.61 Å². The first-order valence-corrected chi connectivity index (χ1v) is 5.85. The van der Waals surface area contributed by atoms with E-state index < -0.39 is 18.0 Å². The fourth-order valence-electron chi connectivity index (χ4n) is 2.01. The highest BCUT2D eigenvalue weighted by Gasteiger charge is 2.22. The van der Waals surface area contributed by atoms with Gasteiger partial charge in [0.25, 0.3) is 0 Å². The first-order chi connectivity index (χ1) is 8.09. The van der Waals surface area contributed by atoms with Crippen LogP contribution in [0.3, 0.4) is 0 Å². The van der Waals surface area contributed by atoms with Crippen molar-refractivity contribution in [1.82, 2.24) is 0 Å². The minimum Gasteiger partial charge on any atom is -0.478 e. The van der Waals surface area contributed by atoms with Gasteiger partial charge < -0.3 is 14.9 Å². The predicted molar refractivity (Wildman–Crippen MR) is 60.3 cm³/mol. The summed E-state index contributed by atoms with van der Waals surface area (Å²) in [6.07, 6.45) is 6.25. The SMILES string of the molecule is O=C(O)/C=C/C(=O)OCC(O)C1CCCCC1. The molecular formula is C12H18O5. The number of carboxylic acid groups (broad SMARTS) is 1. The normalized spacial score (nSPS) is 19.1. The molecule has 1 rings (SSSR count). The van der Waals surface area contributed by atoms with Crippen LogP contribution in [0.15, 0.2) is 12.2 Å². The van der Waals surface area contributed by atoms with Gasteiger partial charge >= 0.3 is 11.9 Å². The maximum absolute atomic E-state index is 11.1. The third kappa shape index (κ3) is 5.49. The maximum Gasteiger partial charge on any atom is 0.331 e. The van der Waals surface area contributed by atoms with Crippen molar-refractivity contribution in [3.63, 3.8) is 0 Å². The average Bonchev–Trinajstić information content (AvgIpc) is 2.34. The first-order valence-electron chi connectivity index (χ1n) is 5.85. The highest BCUT2D eigenvalue weighted by Crippen LogP contribution is 2.26. The van der Waals surface area contributed by atoms with E-state index in [4.69, 9.17) is 9.84 Å². The highest BCUT2D eigenvalue weighted by atomic mass is 16.5. The van der Waals surface area contributed by atoms with Gasteiger partial charge in [-0.15, -0.1) is 0 Å². The van der Waals surface area contributed by atoms with E-state index in [1.165, 1.54) is 6.42 Å². The molecule has 0 amide bonds. The van der Waals surface area contributed by atoms with Crippen LogP contribution in [0.2, 0.25) is 0 Å². The monoisotopic (exact) mass is 242 g/mol. The van der Waals surface area contributed by atoms with Gasteiger partial charge in [-0.05, 0) is 18.8 Å². The molecule has 1 fully saturated rings. The van der Waals surface area contributed by atoms with Gasteiger partial charge in [-0.1, -0.05) is 19.3 Å². The van der Waals surface area contributed by atoms with Crippen molar-refractivity contribution in [3.05, 3.63) is 12.2 Å². The van der Waals surface area contributed by atoms with Crippen LogP contribution in [0, 0.1) is 5.92 Å². The zero-order chi connectivity index (χ0) is 12.7. The molecule has 1 atom stereocenters. The number of carbonyl (C=O) groups excluding carboxylic acids is 1. The summed E-state index contributed by atoms with van der Waals surface area (Å²) in [5, 5.41) is 18.1. The van der Waals surface area contributed by atoms with Crippen molar-refractivity contribution in [2.75, 3.05) is 6.61 Å². The Hall–Kier alpha value is -1.36. The quantitative estimate of drug-likeness (QED) is 0.557. The Balaban J connectivity index is 2.24. The molecule has 0 bridgehead atoms. The maximum atomic E-state index is 11.1. The van der Waals surface area contributed by atoms with Crippen molar-refractivity contribution in [3.8, 4) is 0 Å². The van der Waals surface area contributed by atoms with Crippen LogP contribution in [0.4, 0.5) is 0 Å². The second kappa shape index (κ2) is 7.06. The number of aliphatic hydroxyl groups is 1. The Kier molecular flexibility index (Phi) is 5.69. The van der Waals surface area contributed by atoms with Crippen LogP contribution in [-0.4, -0.2) is 34.9 Å². The number of aliphatic carboxylic acids is 1. The topological polar surface area (TPSA) is 83.8 Å². The van der Waals surface area contributed by atoms with Crippen LogP contribution >= 0.6 is 0 Å². The molecule has 5 nitrogen and oxygen atoms in total. The van der Waals surface area contributed by atoms with Crippen molar-refractivity contribution in [2.24, 2.45) is 5.92 Å². The van der Waals surface area contributed by atoms with Crippen LogP contribution < -0.4 is 0 Å². The molecule has 1 unspecified atom stereocenters. The lowest BCUT2D eigenvalue weighted by Crippen LogP contribution is -2.28. The second-order valence-corrected chi connectivity index (χ2v) is 4.27. The van der Waals surface area contributed by atoms with Crippen molar-refractivity contribution < 1.29 is 24.5 Å². The Labute approximate surface area is 100 Å². The summed E-state index contributed by atoms with van der Waals surface area (Å²) < 4.78 is 4.77. The summed E-state index contributed by atoms with van der Waals surface area (Å²) in [6.45, 7) is -0.0620. The molecule has 0 aromatic rings. The standard InChI is InChI=1S/C12H18O5/c13-10(9-4-2-1-3-5-9)8-17-12(16)7-6-11(14)15/h6-7,9-10,13H,1-5,8H2,(H,14,15)/b7-6+. The van der Waals surface area contributed by atoms with E-state index in [1.807, 2.05) is 0 Å². The van der Waals surface area contributed by atoms with Crippen molar-refractivity contribution >= 4 is 11.9 Å². The van der Waals surface area contributed by atoms with Gasteiger partial charge in [-0.3, -0.25) is 0 Å². The number of rotatable bonds is 5. The largest absolute Gasteiger partial charge is 0.478 e. The minimum absolute atomic E-state index is 0.0620. The molecular weight excluding hydrogens is 224 g/mol. The molecule has 1 saturated carbocycles. The predicted octanol–water partition coefficient (Wildman–Crippen LogP) is 1.11. The Bertz CT molecular complexity index is 291. The fourth-order valence-corrected chi connectivity index (χ4v) is 2.01. The average molecular weight is 242 g/mol. The molecule has 0 spiro atoms. The number of esters is 1. The van der Waals surface area contributed by atoms with Crippen LogP contribution in [0.25, 0.3) is 0 Å². The van der Waals surface area contributed by atoms with Gasteiger partial charge in [0.05, 0.1) is 6.10 Å². The van der Waals surface area contributed by atoms with Gasteiger partial charge in [0.15, 0.2) is 0 Å². The molecule has 96 valence electrons. The third-order valence-corrected chi connectivity index (χ3v) is 2.95. The van der Waals surface area contributed by atoms with Gasteiger partial charge in [-0.2, -0.15) is 0 Å². The van der Waals surface area contributed by atoms with Gasteiger partial charge in [-0.25, -0.2) is 9.59 Å². The molecule has 2 N–H and O–H groups in total. The van der Waals surface area contributed by atoms with E-state index in [0.29, 0.717) is 0 Å². The van der Waals surface area contributed by atoms with Crippen LogP contribution in [0.1, 0.15) is 32.1 Å². The van der Waals surface area contributed by atoms with E-state index in [9.17, 15) is 14.7 Å². The van der Waals surface area contributed by atoms with Gasteiger partial charge in [0, 0.05) is 12.2 Å². The lowest BCUT2D eigenvalue weighted by molar-refractivity contribution is -0.142. The van der Waals surface area contributed by atoms with E-state index in [0.717, 1.165) is 37.8 Å². The smallest absolute Gasteiger partial charge is 0.331 e. The third-order valence-electron chi connectivity index (χ3n) is 2.95. The van der Waals surface area contributed by atoms with E-state index in [2.05, 4.69) is 0 Å². The molecule has 0 saturated heterocycles. The summed E-state index contributed by atoms with van der Waals surface area (Å²) >= 11 is 0. The first kappa shape index (κ1) is 13.7. The molecule has 0 heterocycles. The summed E-state index contributed by atoms with van der Waals surface area (Å²) in [4.78, 5) is 21.2. The van der Waals surface area contributed by atoms with E-state index >= 15 is 0 Å². The summed E-state index contributed by atoms with van der Waals surface area (Å²) in [6, 6.07) is 0.